The minimum atomic E-state index is -0.984. The van der Waals surface area contributed by atoms with Crippen LogP contribution < -0.4 is 4.74 Å². The van der Waals surface area contributed by atoms with Gasteiger partial charge in [0.1, 0.15) is 5.75 Å². The van der Waals surface area contributed by atoms with E-state index in [4.69, 9.17) is 14.6 Å². The van der Waals surface area contributed by atoms with Gasteiger partial charge < -0.3 is 14.6 Å². The minimum absolute atomic E-state index is 0.351. The van der Waals surface area contributed by atoms with Gasteiger partial charge in [0.2, 0.25) is 0 Å². The van der Waals surface area contributed by atoms with E-state index in [1.807, 2.05) is 36.4 Å². The molecule has 6 heteroatoms. The quantitative estimate of drug-likeness (QED) is 0.822. The van der Waals surface area contributed by atoms with E-state index in [1.165, 1.54) is 0 Å². The van der Waals surface area contributed by atoms with Crippen LogP contribution in [0.2, 0.25) is 0 Å². The molecule has 0 amide bonds. The van der Waals surface area contributed by atoms with Crippen molar-refractivity contribution in [2.45, 2.75) is 25.9 Å². The largest absolute Gasteiger partial charge is 0.482 e. The Labute approximate surface area is 153 Å². The van der Waals surface area contributed by atoms with Crippen LogP contribution in [-0.4, -0.2) is 53.4 Å². The Bertz CT molecular complexity index is 736. The molecule has 0 bridgehead atoms. The number of aromatic nitrogens is 1. The van der Waals surface area contributed by atoms with E-state index in [9.17, 15) is 4.79 Å². The third kappa shape index (κ3) is 4.59. The summed E-state index contributed by atoms with van der Waals surface area (Å²) in [6.07, 6.45) is 2.77. The van der Waals surface area contributed by atoms with E-state index in [0.29, 0.717) is 24.9 Å². The van der Waals surface area contributed by atoms with Crippen molar-refractivity contribution in [1.29, 1.82) is 0 Å². The van der Waals surface area contributed by atoms with Crippen molar-refractivity contribution >= 4 is 5.97 Å². The summed E-state index contributed by atoms with van der Waals surface area (Å²) < 4.78 is 11.1. The SMILES string of the molecule is CC[C@@H]1COCCN1Cc1cc(-c2ccccn2)ccc1OCC(=O)O. The summed E-state index contributed by atoms with van der Waals surface area (Å²) in [7, 11) is 0. The van der Waals surface area contributed by atoms with Gasteiger partial charge in [-0.25, -0.2) is 4.79 Å². The number of morpholine rings is 1. The van der Waals surface area contributed by atoms with Gasteiger partial charge in [-0.1, -0.05) is 13.0 Å². The zero-order valence-corrected chi connectivity index (χ0v) is 14.9. The number of benzene rings is 1. The molecule has 1 N–H and O–H groups in total. The molecule has 2 aromatic rings. The number of ether oxygens (including phenoxy) is 2. The van der Waals surface area contributed by atoms with Gasteiger partial charge >= 0.3 is 5.97 Å². The minimum Gasteiger partial charge on any atom is -0.482 e. The van der Waals surface area contributed by atoms with E-state index in [2.05, 4.69) is 16.8 Å². The first-order valence-corrected chi connectivity index (χ1v) is 8.88. The third-order valence-electron chi connectivity index (χ3n) is 4.57. The van der Waals surface area contributed by atoms with Gasteiger partial charge in [-0.2, -0.15) is 0 Å². The molecule has 6 nitrogen and oxygen atoms in total. The molecule has 0 spiro atoms. The average Bonchev–Trinajstić information content (AvgIpc) is 2.68. The standard InChI is InChI=1S/C20H24N2O4/c1-2-17-13-25-10-9-22(17)12-16-11-15(18-5-3-4-8-21-18)6-7-19(16)26-14-20(23)24/h3-8,11,17H,2,9-10,12-14H2,1H3,(H,23,24)/t17-/m1/s1. The van der Waals surface area contributed by atoms with E-state index in [1.54, 1.807) is 6.20 Å². The molecule has 1 fully saturated rings. The van der Waals surface area contributed by atoms with Crippen molar-refractivity contribution in [3.05, 3.63) is 48.2 Å². The molecule has 0 aliphatic carbocycles. The Morgan fingerprint density at radius 2 is 2.27 bits per heavy atom. The van der Waals surface area contributed by atoms with E-state index in [0.717, 1.165) is 36.4 Å². The van der Waals surface area contributed by atoms with Gasteiger partial charge in [-0.15, -0.1) is 0 Å². The third-order valence-corrected chi connectivity index (χ3v) is 4.57. The fourth-order valence-electron chi connectivity index (χ4n) is 3.17. The van der Waals surface area contributed by atoms with Crippen molar-refractivity contribution in [1.82, 2.24) is 9.88 Å². The second-order valence-electron chi connectivity index (χ2n) is 6.33. The second kappa shape index (κ2) is 8.78. The molecule has 0 unspecified atom stereocenters. The summed E-state index contributed by atoms with van der Waals surface area (Å²) in [5.74, 6) is -0.379. The molecular weight excluding hydrogens is 332 g/mol. The predicted molar refractivity (Wildman–Crippen MR) is 98.1 cm³/mol. The molecule has 1 aromatic heterocycles. The van der Waals surface area contributed by atoms with E-state index in [-0.39, 0.29) is 6.61 Å². The number of aliphatic carboxylic acids is 1. The highest BCUT2D eigenvalue weighted by atomic mass is 16.5. The first-order chi connectivity index (χ1) is 12.7. The Morgan fingerprint density at radius 3 is 3.00 bits per heavy atom. The lowest BCUT2D eigenvalue weighted by Gasteiger charge is -2.35. The topological polar surface area (TPSA) is 71.9 Å². The van der Waals surface area contributed by atoms with Crippen molar-refractivity contribution in [2.75, 3.05) is 26.4 Å². The molecule has 26 heavy (non-hydrogen) atoms. The maximum atomic E-state index is 10.9. The highest BCUT2D eigenvalue weighted by molar-refractivity contribution is 5.69. The zero-order valence-electron chi connectivity index (χ0n) is 14.9. The Balaban J connectivity index is 1.88. The van der Waals surface area contributed by atoms with Gasteiger partial charge in [0.25, 0.3) is 0 Å². The van der Waals surface area contributed by atoms with Crippen LogP contribution >= 0.6 is 0 Å². The van der Waals surface area contributed by atoms with Crippen LogP contribution in [0.25, 0.3) is 11.3 Å². The molecule has 138 valence electrons. The highest BCUT2D eigenvalue weighted by Gasteiger charge is 2.23. The Morgan fingerprint density at radius 1 is 1.38 bits per heavy atom. The molecule has 1 saturated heterocycles. The van der Waals surface area contributed by atoms with Crippen LogP contribution in [0.1, 0.15) is 18.9 Å². The molecule has 0 saturated carbocycles. The fraction of sp³-hybridized carbons (Fsp3) is 0.400. The van der Waals surface area contributed by atoms with Gasteiger partial charge in [-0.3, -0.25) is 9.88 Å². The Kier molecular flexibility index (Phi) is 6.20. The number of nitrogens with zero attached hydrogens (tertiary/aromatic N) is 2. The van der Waals surface area contributed by atoms with Crippen LogP contribution in [0.4, 0.5) is 0 Å². The van der Waals surface area contributed by atoms with Crippen LogP contribution in [-0.2, 0) is 16.1 Å². The molecule has 1 aliphatic heterocycles. The fourth-order valence-corrected chi connectivity index (χ4v) is 3.17. The maximum absolute atomic E-state index is 10.9. The van der Waals surface area contributed by atoms with Gasteiger partial charge in [-0.05, 0) is 36.8 Å². The monoisotopic (exact) mass is 356 g/mol. The first kappa shape index (κ1) is 18.4. The van der Waals surface area contributed by atoms with Gasteiger partial charge in [0.05, 0.1) is 18.9 Å². The lowest BCUT2D eigenvalue weighted by atomic mass is 10.0. The van der Waals surface area contributed by atoms with Gasteiger partial charge in [0.15, 0.2) is 6.61 Å². The van der Waals surface area contributed by atoms with Crippen molar-refractivity contribution in [2.24, 2.45) is 0 Å². The number of carboxylic acids is 1. The van der Waals surface area contributed by atoms with Crippen LogP contribution in [0.3, 0.4) is 0 Å². The van der Waals surface area contributed by atoms with E-state index >= 15 is 0 Å². The molecule has 1 atom stereocenters. The molecule has 1 aromatic carbocycles. The lowest BCUT2D eigenvalue weighted by Crippen LogP contribution is -2.44. The maximum Gasteiger partial charge on any atom is 0.341 e. The summed E-state index contributed by atoms with van der Waals surface area (Å²) in [5, 5.41) is 8.94. The number of hydrogen-bond acceptors (Lipinski definition) is 5. The molecule has 2 heterocycles. The molecule has 1 aliphatic rings. The zero-order chi connectivity index (χ0) is 18.4. The average molecular weight is 356 g/mol. The Hall–Kier alpha value is -2.44. The number of pyridine rings is 1. The summed E-state index contributed by atoms with van der Waals surface area (Å²) in [4.78, 5) is 17.7. The predicted octanol–water partition coefficient (Wildman–Crippen LogP) is 2.82. The first-order valence-electron chi connectivity index (χ1n) is 8.88. The highest BCUT2D eigenvalue weighted by Crippen LogP contribution is 2.28. The summed E-state index contributed by atoms with van der Waals surface area (Å²) >= 11 is 0. The van der Waals surface area contributed by atoms with Crippen molar-refractivity contribution < 1.29 is 19.4 Å². The number of carboxylic acid groups (broad SMARTS) is 1. The molecule has 0 radical (unpaired) electrons. The number of carbonyl (C=O) groups is 1. The van der Waals surface area contributed by atoms with E-state index < -0.39 is 5.97 Å². The summed E-state index contributed by atoms with van der Waals surface area (Å²) in [6.45, 7) is 4.78. The lowest BCUT2D eigenvalue weighted by molar-refractivity contribution is -0.139. The molecular formula is C20H24N2O4. The number of rotatable bonds is 7. The van der Waals surface area contributed by atoms with Crippen molar-refractivity contribution in [3.63, 3.8) is 0 Å². The van der Waals surface area contributed by atoms with Crippen LogP contribution in [0.5, 0.6) is 5.75 Å². The summed E-state index contributed by atoms with van der Waals surface area (Å²) in [5.41, 5.74) is 2.84. The van der Waals surface area contributed by atoms with Gasteiger partial charge in [0, 0.05) is 36.5 Å². The van der Waals surface area contributed by atoms with Crippen LogP contribution in [0, 0.1) is 0 Å². The molecule has 3 rings (SSSR count). The smallest absolute Gasteiger partial charge is 0.341 e. The number of hydrogen-bond donors (Lipinski definition) is 1. The normalized spacial score (nSPS) is 17.8. The summed E-state index contributed by atoms with van der Waals surface area (Å²) in [6, 6.07) is 11.9. The van der Waals surface area contributed by atoms with Crippen LogP contribution in [0.15, 0.2) is 42.6 Å². The second-order valence-corrected chi connectivity index (χ2v) is 6.33. The van der Waals surface area contributed by atoms with Crippen molar-refractivity contribution in [3.8, 4) is 17.0 Å².